The Hall–Kier alpha value is -1.25. The summed E-state index contributed by atoms with van der Waals surface area (Å²) in [4.78, 5) is 1.71. The molecule has 2 heteroatoms. The molecule has 0 aromatic heterocycles. The lowest BCUT2D eigenvalue weighted by molar-refractivity contribution is 0.595. The average molecular weight is 216 g/mol. The van der Waals surface area contributed by atoms with E-state index >= 15 is 0 Å². The smallest absolute Gasteiger partial charge is 0.158 e. The van der Waals surface area contributed by atoms with Crippen molar-refractivity contribution in [2.75, 3.05) is 0 Å². The fourth-order valence-electron chi connectivity index (χ4n) is 1.41. The maximum absolute atomic E-state index is 12.1. The molecule has 1 unspecified atom stereocenters. The highest BCUT2D eigenvalue weighted by molar-refractivity contribution is 7.91. The fourth-order valence-corrected chi connectivity index (χ4v) is 2.58. The molecule has 0 spiro atoms. The van der Waals surface area contributed by atoms with E-state index in [-0.39, 0.29) is 0 Å². The Kier molecular flexibility index (Phi) is 3.09. The first kappa shape index (κ1) is 10.3. The number of aryl methyl sites for hydroxylation is 1. The van der Waals surface area contributed by atoms with Gasteiger partial charge in [-0.1, -0.05) is 30.3 Å². The van der Waals surface area contributed by atoms with E-state index in [1.165, 1.54) is 0 Å². The Morgan fingerprint density at radius 1 is 0.867 bits per heavy atom. The van der Waals surface area contributed by atoms with Gasteiger partial charge in [0.2, 0.25) is 0 Å². The van der Waals surface area contributed by atoms with Crippen LogP contribution in [0.3, 0.4) is 0 Å². The van der Waals surface area contributed by atoms with Gasteiger partial charge in [0, 0.05) is 11.2 Å². The molecule has 0 bridgehead atoms. The molecule has 15 heavy (non-hydrogen) atoms. The molecule has 0 saturated heterocycles. The first-order valence-corrected chi connectivity index (χ1v) is 5.96. The zero-order valence-electron chi connectivity index (χ0n) is 8.51. The van der Waals surface area contributed by atoms with Gasteiger partial charge < -0.3 is 4.55 Å². The highest BCUT2D eigenvalue weighted by Crippen LogP contribution is 2.20. The molecule has 0 aliphatic heterocycles. The molecular formula is C13H12OS. The number of hydrogen-bond donors (Lipinski definition) is 0. The minimum Gasteiger partial charge on any atom is -0.606 e. The van der Waals surface area contributed by atoms with Crippen molar-refractivity contribution >= 4 is 11.2 Å². The van der Waals surface area contributed by atoms with Gasteiger partial charge in [0.25, 0.3) is 0 Å². The second-order valence-electron chi connectivity index (χ2n) is 3.40. The lowest BCUT2D eigenvalue weighted by Crippen LogP contribution is -2.01. The maximum atomic E-state index is 12.1. The van der Waals surface area contributed by atoms with Crippen LogP contribution < -0.4 is 0 Å². The van der Waals surface area contributed by atoms with E-state index in [1.54, 1.807) is 0 Å². The Morgan fingerprint density at radius 2 is 1.53 bits per heavy atom. The van der Waals surface area contributed by atoms with E-state index in [1.807, 2.05) is 61.5 Å². The highest BCUT2D eigenvalue weighted by Gasteiger charge is 2.13. The zero-order valence-corrected chi connectivity index (χ0v) is 9.33. The Balaban J connectivity index is 2.32. The van der Waals surface area contributed by atoms with Gasteiger partial charge in [-0.2, -0.15) is 0 Å². The van der Waals surface area contributed by atoms with Crippen molar-refractivity contribution in [3.8, 4) is 0 Å². The molecule has 0 aliphatic carbocycles. The molecule has 0 amide bonds. The van der Waals surface area contributed by atoms with Crippen LogP contribution in [0.1, 0.15) is 5.56 Å². The summed E-state index contributed by atoms with van der Waals surface area (Å²) in [7, 11) is 0. The van der Waals surface area contributed by atoms with Crippen LogP contribution in [-0.4, -0.2) is 4.55 Å². The molecule has 0 heterocycles. The summed E-state index contributed by atoms with van der Waals surface area (Å²) in [5, 5.41) is 0. The number of benzene rings is 2. The summed E-state index contributed by atoms with van der Waals surface area (Å²) in [6.07, 6.45) is 0. The zero-order chi connectivity index (χ0) is 10.7. The molecule has 0 N–H and O–H groups in total. The largest absolute Gasteiger partial charge is 0.606 e. The van der Waals surface area contributed by atoms with E-state index in [0.29, 0.717) is 0 Å². The van der Waals surface area contributed by atoms with Crippen LogP contribution in [0.5, 0.6) is 0 Å². The normalized spacial score (nSPS) is 12.4. The summed E-state index contributed by atoms with van der Waals surface area (Å²) in [6, 6.07) is 17.3. The fraction of sp³-hybridized carbons (Fsp3) is 0.0769. The van der Waals surface area contributed by atoms with Gasteiger partial charge in [-0.05, 0) is 36.8 Å². The molecule has 76 valence electrons. The second kappa shape index (κ2) is 4.51. The average Bonchev–Trinajstić information content (AvgIpc) is 2.29. The number of rotatable bonds is 2. The van der Waals surface area contributed by atoms with Gasteiger partial charge >= 0.3 is 0 Å². The molecular weight excluding hydrogens is 204 g/mol. The minimum atomic E-state index is -1.06. The number of hydrogen-bond acceptors (Lipinski definition) is 1. The van der Waals surface area contributed by atoms with E-state index in [4.69, 9.17) is 0 Å². The van der Waals surface area contributed by atoms with Crippen LogP contribution in [0.2, 0.25) is 0 Å². The van der Waals surface area contributed by atoms with E-state index in [9.17, 15) is 4.55 Å². The summed E-state index contributed by atoms with van der Waals surface area (Å²) < 4.78 is 12.1. The summed E-state index contributed by atoms with van der Waals surface area (Å²) in [6.45, 7) is 2.01. The van der Waals surface area contributed by atoms with E-state index < -0.39 is 11.2 Å². The van der Waals surface area contributed by atoms with Crippen LogP contribution in [0, 0.1) is 6.92 Å². The Morgan fingerprint density at radius 3 is 2.20 bits per heavy atom. The van der Waals surface area contributed by atoms with Gasteiger partial charge in [0.05, 0.1) is 0 Å². The van der Waals surface area contributed by atoms with Gasteiger partial charge in [-0.25, -0.2) is 0 Å². The topological polar surface area (TPSA) is 23.1 Å². The first-order chi connectivity index (χ1) is 7.27. The van der Waals surface area contributed by atoms with Gasteiger partial charge in [0.15, 0.2) is 9.79 Å². The van der Waals surface area contributed by atoms with Crippen molar-refractivity contribution in [2.45, 2.75) is 16.7 Å². The van der Waals surface area contributed by atoms with Crippen molar-refractivity contribution in [2.24, 2.45) is 0 Å². The lowest BCUT2D eigenvalue weighted by Gasteiger charge is -2.09. The van der Waals surface area contributed by atoms with Crippen LogP contribution in [0.15, 0.2) is 64.4 Å². The van der Waals surface area contributed by atoms with Crippen molar-refractivity contribution in [1.29, 1.82) is 0 Å². The maximum Gasteiger partial charge on any atom is 0.158 e. The third kappa shape index (κ3) is 2.41. The second-order valence-corrected chi connectivity index (χ2v) is 4.88. The third-order valence-electron chi connectivity index (χ3n) is 2.16. The minimum absolute atomic E-state index is 0.850. The van der Waals surface area contributed by atoms with Gasteiger partial charge in [0.1, 0.15) is 0 Å². The van der Waals surface area contributed by atoms with Crippen molar-refractivity contribution < 1.29 is 4.55 Å². The Labute approximate surface area is 92.9 Å². The van der Waals surface area contributed by atoms with Crippen molar-refractivity contribution in [3.63, 3.8) is 0 Å². The van der Waals surface area contributed by atoms with Crippen molar-refractivity contribution in [1.82, 2.24) is 0 Å². The van der Waals surface area contributed by atoms with Crippen LogP contribution in [-0.2, 0) is 11.2 Å². The van der Waals surface area contributed by atoms with Crippen molar-refractivity contribution in [3.05, 3.63) is 60.2 Å². The van der Waals surface area contributed by atoms with Gasteiger partial charge in [-0.15, -0.1) is 0 Å². The van der Waals surface area contributed by atoms with Crippen LogP contribution in [0.4, 0.5) is 0 Å². The molecule has 2 aromatic carbocycles. The molecule has 0 fully saturated rings. The molecule has 2 aromatic rings. The van der Waals surface area contributed by atoms with E-state index in [2.05, 4.69) is 0 Å². The van der Waals surface area contributed by atoms with Gasteiger partial charge in [-0.3, -0.25) is 0 Å². The standard InChI is InChI=1S/C13H12OS/c1-11-6-5-9-13(10-11)15(14)12-7-3-2-4-8-12/h2-10H,1H3. The quantitative estimate of drug-likeness (QED) is 0.707. The summed E-state index contributed by atoms with van der Waals surface area (Å²) in [5.74, 6) is 0. The SMILES string of the molecule is Cc1cccc([S+]([O-])c2ccccc2)c1. The third-order valence-corrected chi connectivity index (χ3v) is 3.54. The summed E-state index contributed by atoms with van der Waals surface area (Å²) in [5.41, 5.74) is 1.14. The van der Waals surface area contributed by atoms with Crippen LogP contribution >= 0.6 is 0 Å². The monoisotopic (exact) mass is 216 g/mol. The lowest BCUT2D eigenvalue weighted by atomic mass is 10.2. The molecule has 1 nitrogen and oxygen atoms in total. The molecule has 2 rings (SSSR count). The molecule has 0 radical (unpaired) electrons. The molecule has 0 aliphatic rings. The first-order valence-electron chi connectivity index (χ1n) is 4.81. The summed E-state index contributed by atoms with van der Waals surface area (Å²) >= 11 is -1.06. The van der Waals surface area contributed by atoms with E-state index in [0.717, 1.165) is 15.4 Å². The highest BCUT2D eigenvalue weighted by atomic mass is 32.2. The Bertz CT molecular complexity index is 439. The predicted octanol–water partition coefficient (Wildman–Crippen LogP) is 3.16. The molecule has 1 atom stereocenters. The molecule has 0 saturated carbocycles. The predicted molar refractivity (Wildman–Crippen MR) is 62.3 cm³/mol. The van der Waals surface area contributed by atoms with Crippen LogP contribution in [0.25, 0.3) is 0 Å².